The van der Waals surface area contributed by atoms with Gasteiger partial charge in [-0.3, -0.25) is 4.79 Å². The Bertz CT molecular complexity index is 383. The van der Waals surface area contributed by atoms with Gasteiger partial charge in [-0.15, -0.1) is 0 Å². The number of likely N-dealkylation sites (tertiary alicyclic amines) is 1. The summed E-state index contributed by atoms with van der Waals surface area (Å²) in [4.78, 5) is 13.8. The van der Waals surface area contributed by atoms with E-state index >= 15 is 0 Å². The third kappa shape index (κ3) is 4.67. The number of carboxylic acids is 1. The van der Waals surface area contributed by atoms with E-state index in [1.54, 1.807) is 0 Å². The van der Waals surface area contributed by atoms with E-state index in [1.165, 1.54) is 25.7 Å². The monoisotopic (exact) mass is 261 g/mol. The lowest BCUT2D eigenvalue weighted by Crippen LogP contribution is -2.35. The highest BCUT2D eigenvalue weighted by Crippen LogP contribution is 2.15. The van der Waals surface area contributed by atoms with Crippen LogP contribution in [0.25, 0.3) is 0 Å². The lowest BCUT2D eigenvalue weighted by molar-refractivity contribution is -0.142. The van der Waals surface area contributed by atoms with Crippen molar-refractivity contribution in [3.63, 3.8) is 0 Å². The van der Waals surface area contributed by atoms with Crippen molar-refractivity contribution in [2.24, 2.45) is 5.92 Å². The van der Waals surface area contributed by atoms with Gasteiger partial charge < -0.3 is 10.0 Å². The van der Waals surface area contributed by atoms with Gasteiger partial charge in [-0.1, -0.05) is 43.2 Å². The molecule has 1 atom stereocenters. The standard InChI is InChI=1S/C16H23NO2/c18-16(19)15(12-14-8-4-3-5-9-14)13-17-10-6-1-2-7-11-17/h3-5,8-9,15H,1-2,6-7,10-13H2,(H,18,19). The summed E-state index contributed by atoms with van der Waals surface area (Å²) < 4.78 is 0. The highest BCUT2D eigenvalue weighted by Gasteiger charge is 2.22. The second-order valence-electron chi connectivity index (χ2n) is 5.44. The van der Waals surface area contributed by atoms with E-state index in [1.807, 2.05) is 30.3 Å². The van der Waals surface area contributed by atoms with E-state index in [9.17, 15) is 9.90 Å². The molecule has 1 aliphatic heterocycles. The first-order valence-electron chi connectivity index (χ1n) is 7.25. The van der Waals surface area contributed by atoms with Crippen molar-refractivity contribution in [1.29, 1.82) is 0 Å². The normalized spacial score (nSPS) is 18.7. The molecule has 0 aliphatic carbocycles. The summed E-state index contributed by atoms with van der Waals surface area (Å²) >= 11 is 0. The summed E-state index contributed by atoms with van der Waals surface area (Å²) in [7, 11) is 0. The lowest BCUT2D eigenvalue weighted by atomic mass is 9.99. The molecule has 2 rings (SSSR count). The number of aliphatic carboxylic acids is 1. The zero-order chi connectivity index (χ0) is 13.5. The van der Waals surface area contributed by atoms with Gasteiger partial charge in [0.15, 0.2) is 0 Å². The first kappa shape index (κ1) is 14.1. The molecule has 19 heavy (non-hydrogen) atoms. The van der Waals surface area contributed by atoms with Crippen molar-refractivity contribution in [3.8, 4) is 0 Å². The van der Waals surface area contributed by atoms with Crippen LogP contribution in [0.4, 0.5) is 0 Å². The van der Waals surface area contributed by atoms with E-state index in [2.05, 4.69) is 4.90 Å². The third-order valence-electron chi connectivity index (χ3n) is 3.85. The minimum atomic E-state index is -0.673. The van der Waals surface area contributed by atoms with Crippen molar-refractivity contribution in [1.82, 2.24) is 4.90 Å². The summed E-state index contributed by atoms with van der Waals surface area (Å²) in [6.45, 7) is 2.79. The van der Waals surface area contributed by atoms with E-state index in [4.69, 9.17) is 0 Å². The van der Waals surface area contributed by atoms with E-state index < -0.39 is 5.97 Å². The smallest absolute Gasteiger partial charge is 0.308 e. The van der Waals surface area contributed by atoms with E-state index in [0.29, 0.717) is 13.0 Å². The summed E-state index contributed by atoms with van der Waals surface area (Å²) in [6.07, 6.45) is 5.61. The molecule has 0 spiro atoms. The predicted molar refractivity (Wildman–Crippen MR) is 76.2 cm³/mol. The minimum absolute atomic E-state index is 0.291. The maximum absolute atomic E-state index is 11.4. The Labute approximate surface area is 115 Å². The topological polar surface area (TPSA) is 40.5 Å². The van der Waals surface area contributed by atoms with Gasteiger partial charge in [0.05, 0.1) is 5.92 Å². The number of carbonyl (C=O) groups is 1. The fraction of sp³-hybridized carbons (Fsp3) is 0.562. The van der Waals surface area contributed by atoms with Crippen LogP contribution >= 0.6 is 0 Å². The Hall–Kier alpha value is -1.35. The van der Waals surface area contributed by atoms with Crippen LogP contribution in [0.1, 0.15) is 31.2 Å². The summed E-state index contributed by atoms with van der Waals surface area (Å²) in [5, 5.41) is 9.41. The average Bonchev–Trinajstić information content (AvgIpc) is 2.68. The second kappa shape index (κ2) is 7.29. The second-order valence-corrected chi connectivity index (χ2v) is 5.44. The molecule has 0 aromatic heterocycles. The number of hydrogen-bond acceptors (Lipinski definition) is 2. The molecular weight excluding hydrogens is 238 g/mol. The minimum Gasteiger partial charge on any atom is -0.481 e. The SMILES string of the molecule is O=C(O)C(Cc1ccccc1)CN1CCCCCC1. The maximum Gasteiger partial charge on any atom is 0.308 e. The Morgan fingerprint density at radius 1 is 1.11 bits per heavy atom. The van der Waals surface area contributed by atoms with Crippen LogP contribution < -0.4 is 0 Å². The average molecular weight is 261 g/mol. The van der Waals surface area contributed by atoms with Crippen molar-refractivity contribution in [2.75, 3.05) is 19.6 Å². The van der Waals surface area contributed by atoms with E-state index in [-0.39, 0.29) is 5.92 Å². The van der Waals surface area contributed by atoms with Crippen LogP contribution in [0, 0.1) is 5.92 Å². The molecule has 0 radical (unpaired) electrons. The largest absolute Gasteiger partial charge is 0.481 e. The Kier molecular flexibility index (Phi) is 5.40. The number of carboxylic acid groups (broad SMARTS) is 1. The first-order chi connectivity index (χ1) is 9.25. The number of nitrogens with zero attached hydrogens (tertiary/aromatic N) is 1. The van der Waals surface area contributed by atoms with Gasteiger partial charge in [0.1, 0.15) is 0 Å². The van der Waals surface area contributed by atoms with Crippen LogP contribution in [0.3, 0.4) is 0 Å². The molecule has 0 saturated carbocycles. The van der Waals surface area contributed by atoms with Gasteiger partial charge in [0.25, 0.3) is 0 Å². The fourth-order valence-corrected chi connectivity index (χ4v) is 2.76. The van der Waals surface area contributed by atoms with Crippen molar-refractivity contribution in [2.45, 2.75) is 32.1 Å². The predicted octanol–water partition coefficient (Wildman–Crippen LogP) is 2.81. The first-order valence-corrected chi connectivity index (χ1v) is 7.25. The van der Waals surface area contributed by atoms with Gasteiger partial charge in [-0.05, 0) is 37.9 Å². The molecule has 3 heteroatoms. The summed E-state index contributed by atoms with van der Waals surface area (Å²) in [5.74, 6) is -0.964. The van der Waals surface area contributed by atoms with Crippen LogP contribution in [0.2, 0.25) is 0 Å². The summed E-state index contributed by atoms with van der Waals surface area (Å²) in [6, 6.07) is 9.94. The summed E-state index contributed by atoms with van der Waals surface area (Å²) in [5.41, 5.74) is 1.12. The zero-order valence-electron chi connectivity index (χ0n) is 11.4. The van der Waals surface area contributed by atoms with Gasteiger partial charge in [-0.2, -0.15) is 0 Å². The molecule has 1 aromatic rings. The van der Waals surface area contributed by atoms with Crippen molar-refractivity contribution in [3.05, 3.63) is 35.9 Å². The van der Waals surface area contributed by atoms with Gasteiger partial charge >= 0.3 is 5.97 Å². The fourth-order valence-electron chi connectivity index (χ4n) is 2.76. The van der Waals surface area contributed by atoms with Crippen LogP contribution in [0.15, 0.2) is 30.3 Å². The Morgan fingerprint density at radius 3 is 2.32 bits per heavy atom. The molecule has 3 nitrogen and oxygen atoms in total. The molecule has 1 N–H and O–H groups in total. The van der Waals surface area contributed by atoms with Crippen molar-refractivity contribution >= 4 is 5.97 Å². The Balaban J connectivity index is 1.94. The molecule has 1 saturated heterocycles. The molecule has 0 bridgehead atoms. The highest BCUT2D eigenvalue weighted by atomic mass is 16.4. The third-order valence-corrected chi connectivity index (χ3v) is 3.85. The van der Waals surface area contributed by atoms with Crippen LogP contribution in [-0.2, 0) is 11.2 Å². The van der Waals surface area contributed by atoms with Crippen LogP contribution in [-0.4, -0.2) is 35.6 Å². The number of benzene rings is 1. The maximum atomic E-state index is 11.4. The van der Waals surface area contributed by atoms with Crippen molar-refractivity contribution < 1.29 is 9.90 Å². The highest BCUT2D eigenvalue weighted by molar-refractivity contribution is 5.70. The molecular formula is C16H23NO2. The molecule has 1 aromatic carbocycles. The molecule has 1 unspecified atom stereocenters. The number of hydrogen-bond donors (Lipinski definition) is 1. The molecule has 1 fully saturated rings. The molecule has 1 aliphatic rings. The molecule has 104 valence electrons. The number of rotatable bonds is 5. The Morgan fingerprint density at radius 2 is 1.74 bits per heavy atom. The zero-order valence-corrected chi connectivity index (χ0v) is 11.4. The van der Waals surface area contributed by atoms with Gasteiger partial charge in [0.2, 0.25) is 0 Å². The van der Waals surface area contributed by atoms with E-state index in [0.717, 1.165) is 18.7 Å². The molecule has 1 heterocycles. The lowest BCUT2D eigenvalue weighted by Gasteiger charge is -2.24. The van der Waals surface area contributed by atoms with Gasteiger partial charge in [-0.25, -0.2) is 0 Å². The quantitative estimate of drug-likeness (QED) is 0.886. The molecule has 0 amide bonds. The van der Waals surface area contributed by atoms with Gasteiger partial charge in [0, 0.05) is 6.54 Å². The van der Waals surface area contributed by atoms with Crippen LogP contribution in [0.5, 0.6) is 0 Å².